The highest BCUT2D eigenvalue weighted by molar-refractivity contribution is 5.94. The van der Waals surface area contributed by atoms with Gasteiger partial charge in [-0.1, -0.05) is 12.1 Å². The molecule has 1 amide bonds. The van der Waals surface area contributed by atoms with Crippen molar-refractivity contribution in [1.29, 1.82) is 0 Å². The summed E-state index contributed by atoms with van der Waals surface area (Å²) in [5.41, 5.74) is 0.684. The molecular weight excluding hydrogens is 287 g/mol. The van der Waals surface area contributed by atoms with Gasteiger partial charge in [-0.3, -0.25) is 9.59 Å². The number of likely N-dealkylation sites (tertiary alicyclic amines) is 1. The first-order valence-electron chi connectivity index (χ1n) is 6.98. The van der Waals surface area contributed by atoms with Crippen LogP contribution in [-0.4, -0.2) is 33.5 Å². The molecule has 6 heteroatoms. The van der Waals surface area contributed by atoms with Crippen LogP contribution in [0.2, 0.25) is 0 Å². The average molecular weight is 302 g/mol. The Labute approximate surface area is 126 Å². The zero-order valence-electron chi connectivity index (χ0n) is 11.7. The minimum absolute atomic E-state index is 0.180. The van der Waals surface area contributed by atoms with Crippen molar-refractivity contribution >= 4 is 5.91 Å². The molecule has 0 aliphatic carbocycles. The first-order valence-corrected chi connectivity index (χ1v) is 6.98. The van der Waals surface area contributed by atoms with Crippen LogP contribution in [0, 0.1) is 5.82 Å². The number of aromatic nitrogens is 1. The summed E-state index contributed by atoms with van der Waals surface area (Å²) in [7, 11) is 0. The number of aliphatic hydroxyl groups is 1. The van der Waals surface area contributed by atoms with Crippen LogP contribution in [0.3, 0.4) is 0 Å². The summed E-state index contributed by atoms with van der Waals surface area (Å²) in [6, 6.07) is 8.35. The van der Waals surface area contributed by atoms with Gasteiger partial charge in [0.15, 0.2) is 0 Å². The molecule has 3 rings (SSSR count). The first kappa shape index (κ1) is 14.5. The Morgan fingerprint density at radius 2 is 2.14 bits per heavy atom. The molecule has 2 aromatic rings. The maximum Gasteiger partial charge on any atom is 0.255 e. The molecule has 2 heterocycles. The maximum atomic E-state index is 13.4. The number of hydrogen-bond donors (Lipinski definition) is 2. The maximum absolute atomic E-state index is 13.4. The van der Waals surface area contributed by atoms with E-state index in [1.165, 1.54) is 35.4 Å². The molecule has 1 aromatic carbocycles. The van der Waals surface area contributed by atoms with Crippen molar-refractivity contribution in [2.45, 2.75) is 18.6 Å². The lowest BCUT2D eigenvalue weighted by Crippen LogP contribution is -2.32. The van der Waals surface area contributed by atoms with E-state index in [2.05, 4.69) is 4.98 Å². The van der Waals surface area contributed by atoms with E-state index in [4.69, 9.17) is 0 Å². The Balaban J connectivity index is 1.92. The van der Waals surface area contributed by atoms with Gasteiger partial charge in [0.05, 0.1) is 17.7 Å². The topological polar surface area (TPSA) is 73.4 Å². The van der Waals surface area contributed by atoms with Crippen LogP contribution in [-0.2, 0) is 0 Å². The van der Waals surface area contributed by atoms with Gasteiger partial charge in [0, 0.05) is 18.8 Å². The number of carbonyl (C=O) groups is 1. The number of H-pyrrole nitrogens is 1. The smallest absolute Gasteiger partial charge is 0.255 e. The van der Waals surface area contributed by atoms with Crippen LogP contribution in [0.1, 0.15) is 28.4 Å². The zero-order valence-corrected chi connectivity index (χ0v) is 11.7. The van der Waals surface area contributed by atoms with Crippen LogP contribution in [0.5, 0.6) is 0 Å². The molecule has 2 N–H and O–H groups in total. The quantitative estimate of drug-likeness (QED) is 0.882. The number of halogens is 1. The molecule has 1 aliphatic rings. The summed E-state index contributed by atoms with van der Waals surface area (Å²) >= 11 is 0. The molecule has 22 heavy (non-hydrogen) atoms. The fraction of sp³-hybridized carbons (Fsp3) is 0.250. The van der Waals surface area contributed by atoms with Crippen molar-refractivity contribution in [3.63, 3.8) is 0 Å². The number of β-amino-alcohol motifs (C(OH)–C–C–N with tert-alkyl or cyclic N) is 1. The SMILES string of the molecule is O=C(c1ccc(=O)[nH]c1)N1C[C@@H](O)C[C@@H]1c1cccc(F)c1. The van der Waals surface area contributed by atoms with Crippen molar-refractivity contribution < 1.29 is 14.3 Å². The van der Waals surface area contributed by atoms with Crippen LogP contribution in [0.15, 0.2) is 47.4 Å². The van der Waals surface area contributed by atoms with E-state index in [1.807, 2.05) is 0 Å². The number of amides is 1. The highest BCUT2D eigenvalue weighted by atomic mass is 19.1. The highest BCUT2D eigenvalue weighted by Gasteiger charge is 2.35. The third kappa shape index (κ3) is 2.78. The second-order valence-electron chi connectivity index (χ2n) is 5.36. The minimum Gasteiger partial charge on any atom is -0.391 e. The van der Waals surface area contributed by atoms with Gasteiger partial charge in [0.1, 0.15) is 5.82 Å². The summed E-state index contributed by atoms with van der Waals surface area (Å²) in [4.78, 5) is 27.6. The normalized spacial score (nSPS) is 21.1. The molecule has 114 valence electrons. The Kier molecular flexibility index (Phi) is 3.77. The van der Waals surface area contributed by atoms with Gasteiger partial charge in [0.25, 0.3) is 5.91 Å². The van der Waals surface area contributed by atoms with E-state index in [0.29, 0.717) is 17.5 Å². The van der Waals surface area contributed by atoms with Gasteiger partial charge in [-0.2, -0.15) is 0 Å². The second kappa shape index (κ2) is 5.73. The van der Waals surface area contributed by atoms with Crippen molar-refractivity contribution in [2.24, 2.45) is 0 Å². The Morgan fingerprint density at radius 1 is 1.32 bits per heavy atom. The predicted octanol–water partition coefficient (Wildman–Crippen LogP) is 1.46. The summed E-state index contributed by atoms with van der Waals surface area (Å²) in [6.07, 6.45) is 1.05. The number of carbonyl (C=O) groups excluding carboxylic acids is 1. The van der Waals surface area contributed by atoms with Gasteiger partial charge >= 0.3 is 0 Å². The molecule has 5 nitrogen and oxygen atoms in total. The summed E-state index contributed by atoms with van der Waals surface area (Å²) < 4.78 is 13.4. The lowest BCUT2D eigenvalue weighted by atomic mass is 10.0. The molecule has 1 fully saturated rings. The van der Waals surface area contributed by atoms with E-state index < -0.39 is 6.10 Å². The van der Waals surface area contributed by atoms with Crippen LogP contribution >= 0.6 is 0 Å². The number of benzene rings is 1. The number of nitrogens with zero attached hydrogens (tertiary/aromatic N) is 1. The Morgan fingerprint density at radius 3 is 2.82 bits per heavy atom. The largest absolute Gasteiger partial charge is 0.391 e. The molecule has 1 aliphatic heterocycles. The standard InChI is InChI=1S/C16H15FN2O3/c17-12-3-1-2-10(6-12)14-7-13(20)9-19(14)16(22)11-4-5-15(21)18-8-11/h1-6,8,13-14,20H,7,9H2,(H,18,21)/t13-,14+/m0/s1. The van der Waals surface area contributed by atoms with Crippen molar-refractivity contribution in [3.05, 3.63) is 69.9 Å². The second-order valence-corrected chi connectivity index (χ2v) is 5.36. The van der Waals surface area contributed by atoms with E-state index in [0.717, 1.165) is 0 Å². The fourth-order valence-electron chi connectivity index (χ4n) is 2.78. The third-order valence-electron chi connectivity index (χ3n) is 3.80. The molecule has 0 spiro atoms. The summed E-state index contributed by atoms with van der Waals surface area (Å²) in [6.45, 7) is 0.180. The van der Waals surface area contributed by atoms with E-state index in [-0.39, 0.29) is 29.9 Å². The Bertz CT molecular complexity index is 739. The number of pyridine rings is 1. The van der Waals surface area contributed by atoms with Crippen LogP contribution < -0.4 is 5.56 Å². The average Bonchev–Trinajstić information content (AvgIpc) is 2.89. The molecule has 0 saturated carbocycles. The van der Waals surface area contributed by atoms with Gasteiger partial charge in [-0.25, -0.2) is 4.39 Å². The highest BCUT2D eigenvalue weighted by Crippen LogP contribution is 2.33. The number of rotatable bonds is 2. The number of nitrogens with one attached hydrogen (secondary N) is 1. The molecule has 2 atom stereocenters. The van der Waals surface area contributed by atoms with Crippen molar-refractivity contribution in [3.8, 4) is 0 Å². The molecule has 0 radical (unpaired) electrons. The molecule has 0 bridgehead atoms. The molecule has 0 unspecified atom stereocenters. The van der Waals surface area contributed by atoms with E-state index in [1.54, 1.807) is 12.1 Å². The number of aliphatic hydroxyl groups excluding tert-OH is 1. The molecule has 1 saturated heterocycles. The zero-order chi connectivity index (χ0) is 15.7. The third-order valence-corrected chi connectivity index (χ3v) is 3.80. The number of aromatic amines is 1. The Hall–Kier alpha value is -2.47. The predicted molar refractivity (Wildman–Crippen MR) is 77.9 cm³/mol. The van der Waals surface area contributed by atoms with E-state index in [9.17, 15) is 19.1 Å². The van der Waals surface area contributed by atoms with Crippen molar-refractivity contribution in [1.82, 2.24) is 9.88 Å². The number of hydrogen-bond acceptors (Lipinski definition) is 3. The minimum atomic E-state index is -0.653. The van der Waals surface area contributed by atoms with Gasteiger partial charge in [-0.15, -0.1) is 0 Å². The van der Waals surface area contributed by atoms with Gasteiger partial charge in [-0.05, 0) is 30.2 Å². The molecular formula is C16H15FN2O3. The van der Waals surface area contributed by atoms with Gasteiger partial charge < -0.3 is 15.0 Å². The van der Waals surface area contributed by atoms with E-state index >= 15 is 0 Å². The van der Waals surface area contributed by atoms with Crippen molar-refractivity contribution in [2.75, 3.05) is 6.54 Å². The monoisotopic (exact) mass is 302 g/mol. The van der Waals surface area contributed by atoms with Gasteiger partial charge in [0.2, 0.25) is 5.56 Å². The van der Waals surface area contributed by atoms with Crippen LogP contribution in [0.25, 0.3) is 0 Å². The lowest BCUT2D eigenvalue weighted by molar-refractivity contribution is 0.0715. The summed E-state index contributed by atoms with van der Waals surface area (Å²) in [5, 5.41) is 9.90. The summed E-state index contributed by atoms with van der Waals surface area (Å²) in [5.74, 6) is -0.683. The fourth-order valence-corrected chi connectivity index (χ4v) is 2.78. The first-order chi connectivity index (χ1) is 10.5. The molecule has 1 aromatic heterocycles. The van der Waals surface area contributed by atoms with Crippen LogP contribution in [0.4, 0.5) is 4.39 Å². The lowest BCUT2D eigenvalue weighted by Gasteiger charge is -2.24.